The number of carbonyl (C=O) groups excluding carboxylic acids is 4. The molecule has 0 aliphatic heterocycles. The zero-order chi connectivity index (χ0) is 48.9. The molecule has 0 heterocycles. The zero-order valence-corrected chi connectivity index (χ0v) is 44.0. The first-order valence-corrected chi connectivity index (χ1v) is 23.0. The summed E-state index contributed by atoms with van der Waals surface area (Å²) in [5.74, 6) is 2.04. The number of methoxy groups -OCH3 is 3. The van der Waals surface area contributed by atoms with Gasteiger partial charge in [0.1, 0.15) is 23.0 Å². The third-order valence-corrected chi connectivity index (χ3v) is 12.3. The molecule has 0 bridgehead atoms. The van der Waals surface area contributed by atoms with Gasteiger partial charge in [0, 0.05) is 12.8 Å². The SMILES string of the molecule is CCOC(=O)C1CC(=O)C1.CCOC(=O)C1CC(O)(c2ccc(OC)cc2)C1.CCOC(=O)C1CC(c2ccc(OC)cc2)C1.COc1ccc(C2CC(C(=O)O)C2)cc1.Cc1cc[c-]cc1.[Br-].[Mg+2]. The van der Waals surface area contributed by atoms with Crippen molar-refractivity contribution in [1.82, 2.24) is 0 Å². The van der Waals surface area contributed by atoms with Crippen LogP contribution in [0.15, 0.2) is 97.1 Å². The average Bonchev–Trinajstić information content (AvgIpc) is 3.27. The summed E-state index contributed by atoms with van der Waals surface area (Å²) in [7, 11) is 4.90. The van der Waals surface area contributed by atoms with E-state index in [-0.39, 0.29) is 87.4 Å². The summed E-state index contributed by atoms with van der Waals surface area (Å²) in [5.41, 5.74) is 3.71. The number of hydrogen-bond acceptors (Lipinski definition) is 12. The van der Waals surface area contributed by atoms with Crippen molar-refractivity contribution in [2.75, 3.05) is 41.2 Å². The molecule has 4 saturated carbocycles. The van der Waals surface area contributed by atoms with Crippen molar-refractivity contribution in [3.8, 4) is 17.2 Å². The van der Waals surface area contributed by atoms with Crippen molar-refractivity contribution >= 4 is 52.7 Å². The van der Waals surface area contributed by atoms with Gasteiger partial charge in [-0.2, -0.15) is 35.9 Å². The van der Waals surface area contributed by atoms with Crippen LogP contribution in [0.5, 0.6) is 17.2 Å². The maximum atomic E-state index is 11.5. The number of aryl methyl sites for hydroxylation is 1. The van der Waals surface area contributed by atoms with Gasteiger partial charge >= 0.3 is 46.9 Å². The number of carbonyl (C=O) groups is 5. The Balaban J connectivity index is 0.000000303. The van der Waals surface area contributed by atoms with E-state index in [4.69, 9.17) is 33.5 Å². The number of carboxylic acids is 1. The second kappa shape index (κ2) is 30.6. The van der Waals surface area contributed by atoms with E-state index in [2.05, 4.69) is 25.1 Å². The van der Waals surface area contributed by atoms with E-state index in [1.807, 2.05) is 91.9 Å². The molecule has 0 aromatic heterocycles. The Bertz CT molecular complexity index is 2140. The van der Waals surface area contributed by atoms with E-state index in [0.717, 1.165) is 48.5 Å². The number of carboxylic acid groups (broad SMARTS) is 1. The number of rotatable bonds is 13. The van der Waals surface area contributed by atoms with Crippen LogP contribution >= 0.6 is 0 Å². The number of ether oxygens (including phenoxy) is 6. The number of benzene rings is 4. The number of esters is 3. The molecule has 0 saturated heterocycles. The minimum absolute atomic E-state index is 0. The van der Waals surface area contributed by atoms with Gasteiger partial charge in [0.25, 0.3) is 0 Å². The van der Waals surface area contributed by atoms with Gasteiger partial charge in [0.15, 0.2) is 0 Å². The molecule has 8 rings (SSSR count). The minimum atomic E-state index is -0.899. The molecule has 370 valence electrons. The molecule has 2 N–H and O–H groups in total. The summed E-state index contributed by atoms with van der Waals surface area (Å²) in [6.45, 7) is 8.72. The van der Waals surface area contributed by atoms with Crippen molar-refractivity contribution in [2.45, 2.75) is 96.5 Å². The maximum Gasteiger partial charge on any atom is 2.00 e. The molecule has 4 aromatic rings. The van der Waals surface area contributed by atoms with Crippen LogP contribution in [-0.4, -0.2) is 104 Å². The minimum Gasteiger partial charge on any atom is -1.00 e. The molecule has 4 aliphatic rings. The Morgan fingerprint density at radius 3 is 1.28 bits per heavy atom. The first-order valence-electron chi connectivity index (χ1n) is 23.0. The van der Waals surface area contributed by atoms with Gasteiger partial charge in [0.05, 0.1) is 70.4 Å². The number of halogens is 1. The topological polar surface area (TPSA) is 181 Å². The van der Waals surface area contributed by atoms with Crippen molar-refractivity contribution in [3.05, 3.63) is 125 Å². The molecule has 4 aromatic carbocycles. The van der Waals surface area contributed by atoms with Gasteiger partial charge in [-0.05, 0) is 124 Å². The van der Waals surface area contributed by atoms with Crippen LogP contribution in [0.2, 0.25) is 0 Å². The largest absolute Gasteiger partial charge is 2.00 e. The van der Waals surface area contributed by atoms with Gasteiger partial charge in [-0.1, -0.05) is 43.3 Å². The molecular weight excluding hydrogens is 961 g/mol. The standard InChI is InChI=1S/C14H18O4.C14H18O3.C12H14O3.C7H10O3.C7H7.BrH.Mg/c1-3-18-13(15)10-8-14(16,9-10)11-4-6-12(17-2)7-5-11;1-3-17-14(15)12-8-11(9-12)10-4-6-13(16-2)7-5-10;1-15-11-4-2-8(3-5-11)9-6-10(7-9)12(13)14;1-2-10-7(9)5-3-6(8)4-5;1-7-5-3-2-4-6-7;;/h4-7,10,16H,3,8-9H2,1-2H3;4-7,11-12H,3,8-9H2,1-2H3;2-5,9-10H,6-7H2,1H3,(H,13,14);5H,2-4H2,1H3;3-6H,1H3;1H;/q;;;;-1;;+2/p-1. The second-order valence-electron chi connectivity index (χ2n) is 17.0. The van der Waals surface area contributed by atoms with E-state index >= 15 is 0 Å². The summed E-state index contributed by atoms with van der Waals surface area (Å²) in [6, 6.07) is 34.1. The van der Waals surface area contributed by atoms with E-state index in [0.29, 0.717) is 57.3 Å². The fourth-order valence-electron chi connectivity index (χ4n) is 7.89. The smallest absolute Gasteiger partial charge is 1.00 e. The molecule has 4 aliphatic carbocycles. The Labute approximate surface area is 433 Å². The zero-order valence-electron chi connectivity index (χ0n) is 41.0. The number of aliphatic carboxylic acids is 1. The fourth-order valence-corrected chi connectivity index (χ4v) is 7.89. The monoisotopic (exact) mass is 1030 g/mol. The van der Waals surface area contributed by atoms with Gasteiger partial charge < -0.3 is 55.6 Å². The summed E-state index contributed by atoms with van der Waals surface area (Å²) < 4.78 is 29.9. The fraction of sp³-hybridized carbons (Fsp3) is 0.463. The molecule has 15 heteroatoms. The van der Waals surface area contributed by atoms with E-state index < -0.39 is 11.6 Å². The molecule has 0 atom stereocenters. The van der Waals surface area contributed by atoms with Crippen molar-refractivity contribution < 1.29 is 79.6 Å². The first kappa shape index (κ1) is 60.2. The Hall–Kier alpha value is -4.96. The maximum absolute atomic E-state index is 11.5. The van der Waals surface area contributed by atoms with Crippen LogP contribution in [-0.2, 0) is 43.8 Å². The normalized spacial score (nSPS) is 21.3. The molecule has 0 amide bonds. The van der Waals surface area contributed by atoms with Crippen LogP contribution in [0.4, 0.5) is 0 Å². The number of Topliss-reactive ketones (excluding diaryl/α,β-unsaturated/α-hetero) is 1. The molecule has 69 heavy (non-hydrogen) atoms. The van der Waals surface area contributed by atoms with Gasteiger partial charge in [-0.3, -0.25) is 24.0 Å². The molecule has 13 nitrogen and oxygen atoms in total. The number of ketones is 1. The molecular formula is C54H67BrMgO13. The predicted octanol–water partition coefficient (Wildman–Crippen LogP) is 5.83. The summed E-state index contributed by atoms with van der Waals surface area (Å²) in [6.07, 6.45) is 4.98. The van der Waals surface area contributed by atoms with Crippen molar-refractivity contribution in [3.63, 3.8) is 0 Å². The Morgan fingerprint density at radius 1 is 0.580 bits per heavy atom. The van der Waals surface area contributed by atoms with Gasteiger partial charge in [-0.25, -0.2) is 0 Å². The predicted molar refractivity (Wildman–Crippen MR) is 258 cm³/mol. The average molecular weight is 1030 g/mol. The van der Waals surface area contributed by atoms with Crippen LogP contribution in [0.3, 0.4) is 0 Å². The van der Waals surface area contributed by atoms with Gasteiger partial charge in [-0.15, -0.1) is 0 Å². The number of aliphatic hydroxyl groups is 1. The van der Waals surface area contributed by atoms with Crippen molar-refractivity contribution in [1.29, 1.82) is 0 Å². The summed E-state index contributed by atoms with van der Waals surface area (Å²) in [5, 5.41) is 19.1. The number of hydrogen-bond donors (Lipinski definition) is 2. The van der Waals surface area contributed by atoms with E-state index in [9.17, 15) is 29.1 Å². The summed E-state index contributed by atoms with van der Waals surface area (Å²) in [4.78, 5) is 54.8. The Kier molecular flexibility index (Phi) is 26.7. The second-order valence-corrected chi connectivity index (χ2v) is 17.0. The van der Waals surface area contributed by atoms with E-state index in [1.165, 1.54) is 16.7 Å². The molecule has 0 unspecified atom stereocenters. The third kappa shape index (κ3) is 18.7. The third-order valence-electron chi connectivity index (χ3n) is 12.3. The van der Waals surface area contributed by atoms with Crippen molar-refractivity contribution in [2.24, 2.45) is 23.7 Å². The van der Waals surface area contributed by atoms with Crippen LogP contribution in [0.25, 0.3) is 0 Å². The van der Waals surface area contributed by atoms with Crippen LogP contribution in [0.1, 0.15) is 106 Å². The quantitative estimate of drug-likeness (QED) is 0.0708. The molecule has 0 radical (unpaired) electrons. The molecule has 0 spiro atoms. The van der Waals surface area contributed by atoms with E-state index in [1.54, 1.807) is 35.2 Å². The van der Waals surface area contributed by atoms with Gasteiger partial charge in [0.2, 0.25) is 0 Å². The first-order chi connectivity index (χ1) is 32.2. The van der Waals surface area contributed by atoms with Crippen LogP contribution in [0, 0.1) is 36.7 Å². The summed E-state index contributed by atoms with van der Waals surface area (Å²) >= 11 is 0. The molecule has 4 fully saturated rings. The Morgan fingerprint density at radius 2 is 0.942 bits per heavy atom. The van der Waals surface area contributed by atoms with Crippen LogP contribution < -0.4 is 31.2 Å².